The molecule has 0 amide bonds. The SMILES string of the molecule is C#C/C=C(\C=C/C(C)C)CC1CCN(C(=C)/C(C=S)=C(\Cl)CC(CC)N(C)C)CC1. The number of hydrogen-bond donors (Lipinski definition) is 0. The van der Waals surface area contributed by atoms with Crippen molar-refractivity contribution < 1.29 is 0 Å². The average molecular weight is 447 g/mol. The number of thiocarbonyl (C=S) groups is 1. The van der Waals surface area contributed by atoms with Crippen LogP contribution in [0.2, 0.25) is 0 Å². The Morgan fingerprint density at radius 3 is 2.43 bits per heavy atom. The smallest absolute Gasteiger partial charge is 0.0387 e. The van der Waals surface area contributed by atoms with Gasteiger partial charge in [0.25, 0.3) is 0 Å². The quantitative estimate of drug-likeness (QED) is 0.153. The zero-order valence-electron chi connectivity index (χ0n) is 19.5. The van der Waals surface area contributed by atoms with Gasteiger partial charge < -0.3 is 9.80 Å². The molecule has 1 heterocycles. The van der Waals surface area contributed by atoms with E-state index in [1.165, 1.54) is 5.57 Å². The lowest BCUT2D eigenvalue weighted by atomic mass is 9.89. The Hall–Kier alpha value is -1.34. The van der Waals surface area contributed by atoms with Crippen molar-refractivity contribution in [1.29, 1.82) is 0 Å². The number of likely N-dealkylation sites (tertiary alicyclic amines) is 1. The van der Waals surface area contributed by atoms with Crippen LogP contribution in [0.1, 0.15) is 52.9 Å². The van der Waals surface area contributed by atoms with Crippen LogP contribution in [0.25, 0.3) is 0 Å². The predicted molar refractivity (Wildman–Crippen MR) is 138 cm³/mol. The van der Waals surface area contributed by atoms with Crippen molar-refractivity contribution in [3.05, 3.63) is 46.7 Å². The molecular weight excluding hydrogens is 408 g/mol. The number of terminal acetylenes is 1. The summed E-state index contributed by atoms with van der Waals surface area (Å²) in [6, 6.07) is 0.404. The van der Waals surface area contributed by atoms with Crippen molar-refractivity contribution in [2.24, 2.45) is 11.8 Å². The molecule has 0 aromatic rings. The van der Waals surface area contributed by atoms with Gasteiger partial charge in [-0.3, -0.25) is 0 Å². The average Bonchev–Trinajstić information content (AvgIpc) is 2.71. The zero-order valence-corrected chi connectivity index (χ0v) is 21.0. The lowest BCUT2D eigenvalue weighted by Gasteiger charge is -2.35. The molecule has 1 fully saturated rings. The fraction of sp³-hybridized carbons (Fsp3) is 0.577. The van der Waals surface area contributed by atoms with E-state index >= 15 is 0 Å². The molecule has 1 rings (SSSR count). The highest BCUT2D eigenvalue weighted by molar-refractivity contribution is 7.79. The molecule has 0 aromatic carbocycles. The summed E-state index contributed by atoms with van der Waals surface area (Å²) in [6.07, 6.45) is 17.0. The van der Waals surface area contributed by atoms with Gasteiger partial charge in [-0.15, -0.1) is 6.42 Å². The first-order chi connectivity index (χ1) is 14.2. The van der Waals surface area contributed by atoms with Gasteiger partial charge in [0, 0.05) is 40.8 Å². The molecule has 1 saturated heterocycles. The van der Waals surface area contributed by atoms with Crippen LogP contribution in [-0.4, -0.2) is 48.4 Å². The summed E-state index contributed by atoms with van der Waals surface area (Å²) in [6.45, 7) is 12.8. The second kappa shape index (κ2) is 13.9. The molecule has 0 spiro atoms. The van der Waals surface area contributed by atoms with Crippen LogP contribution < -0.4 is 0 Å². The maximum absolute atomic E-state index is 6.70. The highest BCUT2D eigenvalue weighted by Crippen LogP contribution is 2.30. The molecule has 0 aliphatic carbocycles. The molecule has 4 heteroatoms. The van der Waals surface area contributed by atoms with Gasteiger partial charge in [0.15, 0.2) is 0 Å². The minimum Gasteiger partial charge on any atom is -0.371 e. The molecule has 0 radical (unpaired) electrons. The first-order valence-electron chi connectivity index (χ1n) is 11.0. The number of rotatable bonds is 11. The fourth-order valence-electron chi connectivity index (χ4n) is 3.81. The molecule has 166 valence electrons. The topological polar surface area (TPSA) is 6.48 Å². The Balaban J connectivity index is 2.76. The summed E-state index contributed by atoms with van der Waals surface area (Å²) in [4.78, 5) is 4.55. The van der Waals surface area contributed by atoms with E-state index in [-0.39, 0.29) is 0 Å². The standard InChI is InChI=1S/C26H39ClN2S/c1-8-10-22(12-11-20(3)4)17-23-13-15-29(16-14-23)21(5)25(19-30)26(27)18-24(9-2)28(6)7/h1,10-12,19-20,23-24H,5,9,13-18H2,2-4,6-7H3/b12-11-,22-10+,26-25-. The third-order valence-electron chi connectivity index (χ3n) is 5.82. The highest BCUT2D eigenvalue weighted by atomic mass is 35.5. The van der Waals surface area contributed by atoms with Gasteiger partial charge in [-0.1, -0.05) is 69.2 Å². The molecule has 0 N–H and O–H groups in total. The van der Waals surface area contributed by atoms with E-state index in [1.807, 2.05) is 6.08 Å². The van der Waals surface area contributed by atoms with Crippen LogP contribution in [0.3, 0.4) is 0 Å². The van der Waals surface area contributed by atoms with Gasteiger partial charge in [-0.2, -0.15) is 0 Å². The van der Waals surface area contributed by atoms with E-state index in [1.54, 1.807) is 5.37 Å². The second-order valence-electron chi connectivity index (χ2n) is 8.74. The summed E-state index contributed by atoms with van der Waals surface area (Å²) < 4.78 is 0. The number of piperidine rings is 1. The summed E-state index contributed by atoms with van der Waals surface area (Å²) in [5.74, 6) is 3.86. The molecule has 1 unspecified atom stereocenters. The summed E-state index contributed by atoms with van der Waals surface area (Å²) >= 11 is 12.0. The van der Waals surface area contributed by atoms with E-state index < -0.39 is 0 Å². The third kappa shape index (κ3) is 8.80. The Labute approximate surface area is 195 Å². The van der Waals surface area contributed by atoms with Crippen LogP contribution >= 0.6 is 23.8 Å². The summed E-state index contributed by atoms with van der Waals surface area (Å²) in [7, 11) is 4.18. The highest BCUT2D eigenvalue weighted by Gasteiger charge is 2.23. The Morgan fingerprint density at radius 2 is 1.97 bits per heavy atom. The maximum atomic E-state index is 6.70. The van der Waals surface area contributed by atoms with E-state index in [9.17, 15) is 0 Å². The molecule has 1 atom stereocenters. The van der Waals surface area contributed by atoms with Crippen LogP contribution in [0, 0.1) is 24.2 Å². The van der Waals surface area contributed by atoms with Crippen molar-refractivity contribution in [2.75, 3.05) is 27.2 Å². The first kappa shape index (κ1) is 26.7. The van der Waals surface area contributed by atoms with Gasteiger partial charge >= 0.3 is 0 Å². The lowest BCUT2D eigenvalue weighted by Crippen LogP contribution is -2.34. The van der Waals surface area contributed by atoms with Crippen LogP contribution in [0.4, 0.5) is 0 Å². The molecular formula is C26H39ClN2S. The molecule has 0 saturated carbocycles. The van der Waals surface area contributed by atoms with Gasteiger partial charge in [-0.25, -0.2) is 0 Å². The van der Waals surface area contributed by atoms with Crippen molar-refractivity contribution in [2.45, 2.75) is 58.9 Å². The van der Waals surface area contributed by atoms with Crippen molar-refractivity contribution in [3.8, 4) is 12.3 Å². The zero-order chi connectivity index (χ0) is 22.7. The number of nitrogens with zero attached hydrogens (tertiary/aromatic N) is 2. The van der Waals surface area contributed by atoms with Gasteiger partial charge in [0.1, 0.15) is 0 Å². The monoisotopic (exact) mass is 446 g/mol. The molecule has 0 aromatic heterocycles. The van der Waals surface area contributed by atoms with E-state index in [2.05, 4.69) is 69.3 Å². The second-order valence-corrected chi connectivity index (χ2v) is 9.43. The predicted octanol–water partition coefficient (Wildman–Crippen LogP) is 6.60. The van der Waals surface area contributed by atoms with Gasteiger partial charge in [0.2, 0.25) is 0 Å². The van der Waals surface area contributed by atoms with E-state index in [4.69, 9.17) is 30.2 Å². The number of halogens is 1. The molecule has 1 aliphatic heterocycles. The molecule has 2 nitrogen and oxygen atoms in total. The van der Waals surface area contributed by atoms with Crippen molar-refractivity contribution in [1.82, 2.24) is 9.80 Å². The van der Waals surface area contributed by atoms with Crippen molar-refractivity contribution >= 4 is 29.2 Å². The van der Waals surface area contributed by atoms with Crippen LogP contribution in [0.15, 0.2) is 46.7 Å². The Kier molecular flexibility index (Phi) is 12.3. The van der Waals surface area contributed by atoms with Crippen LogP contribution in [-0.2, 0) is 0 Å². The van der Waals surface area contributed by atoms with Crippen LogP contribution in [0.5, 0.6) is 0 Å². The summed E-state index contributed by atoms with van der Waals surface area (Å²) in [5.41, 5.74) is 3.12. The minimum atomic E-state index is 0.404. The van der Waals surface area contributed by atoms with Crippen molar-refractivity contribution in [3.63, 3.8) is 0 Å². The maximum Gasteiger partial charge on any atom is 0.0387 e. The van der Waals surface area contributed by atoms with Gasteiger partial charge in [0.05, 0.1) is 0 Å². The largest absolute Gasteiger partial charge is 0.371 e. The summed E-state index contributed by atoms with van der Waals surface area (Å²) in [5, 5.41) is 2.51. The number of allylic oxidation sites excluding steroid dienone is 5. The molecule has 1 aliphatic rings. The molecule has 0 bridgehead atoms. The lowest BCUT2D eigenvalue weighted by molar-refractivity contribution is 0.231. The van der Waals surface area contributed by atoms with E-state index in [0.29, 0.717) is 17.9 Å². The normalized spacial score (nSPS) is 18.0. The Bertz CT molecular complexity index is 701. The third-order valence-corrected chi connectivity index (χ3v) is 6.42. The fourth-order valence-corrected chi connectivity index (χ4v) is 4.49. The number of hydrogen-bond acceptors (Lipinski definition) is 3. The minimum absolute atomic E-state index is 0.404. The molecule has 30 heavy (non-hydrogen) atoms. The first-order valence-corrected chi connectivity index (χ1v) is 11.9. The van der Waals surface area contributed by atoms with E-state index in [0.717, 1.165) is 61.5 Å². The van der Waals surface area contributed by atoms with Gasteiger partial charge in [-0.05, 0) is 69.7 Å². The Morgan fingerprint density at radius 1 is 1.33 bits per heavy atom.